The molecule has 6 heteroatoms. The second kappa shape index (κ2) is 6.78. The Balaban J connectivity index is 1.63. The van der Waals surface area contributed by atoms with Crippen LogP contribution in [0.4, 0.5) is 11.5 Å². The van der Waals surface area contributed by atoms with Crippen LogP contribution in [-0.4, -0.2) is 37.9 Å². The topological polar surface area (TPSA) is 60.6 Å². The molecule has 5 nitrogen and oxygen atoms in total. The van der Waals surface area contributed by atoms with Crippen LogP contribution in [0.1, 0.15) is 4.88 Å². The van der Waals surface area contributed by atoms with Gasteiger partial charge >= 0.3 is 0 Å². The molecule has 0 amide bonds. The number of nitrogen functional groups attached to an aromatic ring is 1. The van der Waals surface area contributed by atoms with Gasteiger partial charge in [0.2, 0.25) is 5.88 Å². The van der Waals surface area contributed by atoms with Gasteiger partial charge in [-0.3, -0.25) is 0 Å². The van der Waals surface area contributed by atoms with Gasteiger partial charge in [0.25, 0.3) is 0 Å². The summed E-state index contributed by atoms with van der Waals surface area (Å²) in [7, 11) is 0. The van der Waals surface area contributed by atoms with E-state index in [-0.39, 0.29) is 0 Å². The molecule has 2 N–H and O–H groups in total. The standard InChI is InChI=1S/C15H19N3O2S/c16-14-10-12(18-4-7-19-8-5-18)11-15(17-14)20-6-3-13-2-1-9-21-13/h1-2,9-11H,3-8H2,(H2,16,17). The zero-order valence-corrected chi connectivity index (χ0v) is 12.6. The van der Waals surface area contributed by atoms with Gasteiger partial charge in [0.05, 0.1) is 19.8 Å². The minimum absolute atomic E-state index is 0.491. The van der Waals surface area contributed by atoms with E-state index in [9.17, 15) is 0 Å². The number of hydrogen-bond donors (Lipinski definition) is 1. The summed E-state index contributed by atoms with van der Waals surface area (Å²) in [5.41, 5.74) is 6.94. The van der Waals surface area contributed by atoms with Gasteiger partial charge in [-0.05, 0) is 11.4 Å². The van der Waals surface area contributed by atoms with Crippen molar-refractivity contribution in [3.63, 3.8) is 0 Å². The van der Waals surface area contributed by atoms with Crippen molar-refractivity contribution in [3.8, 4) is 5.88 Å². The van der Waals surface area contributed by atoms with E-state index < -0.39 is 0 Å². The lowest BCUT2D eigenvalue weighted by Crippen LogP contribution is -2.36. The van der Waals surface area contributed by atoms with Crippen molar-refractivity contribution in [1.29, 1.82) is 0 Å². The molecule has 1 aliphatic heterocycles. The third-order valence-electron chi connectivity index (χ3n) is 3.36. The molecule has 0 saturated carbocycles. The SMILES string of the molecule is Nc1cc(N2CCOCC2)cc(OCCc2cccs2)n1. The molecule has 0 bridgehead atoms. The lowest BCUT2D eigenvalue weighted by molar-refractivity contribution is 0.122. The zero-order chi connectivity index (χ0) is 14.5. The molecule has 0 spiro atoms. The highest BCUT2D eigenvalue weighted by atomic mass is 32.1. The molecule has 0 radical (unpaired) electrons. The van der Waals surface area contributed by atoms with Crippen molar-refractivity contribution >= 4 is 22.8 Å². The highest BCUT2D eigenvalue weighted by Gasteiger charge is 2.13. The summed E-state index contributed by atoms with van der Waals surface area (Å²) in [5, 5.41) is 2.07. The number of ether oxygens (including phenoxy) is 2. The van der Waals surface area contributed by atoms with Crippen LogP contribution in [0.5, 0.6) is 5.88 Å². The molecule has 3 rings (SSSR count). The van der Waals surface area contributed by atoms with Gasteiger partial charge < -0.3 is 20.1 Å². The van der Waals surface area contributed by atoms with Crippen LogP contribution in [-0.2, 0) is 11.2 Å². The van der Waals surface area contributed by atoms with E-state index in [1.54, 1.807) is 11.3 Å². The second-order valence-corrected chi connectivity index (χ2v) is 5.90. The largest absolute Gasteiger partial charge is 0.477 e. The van der Waals surface area contributed by atoms with Gasteiger partial charge in [0.1, 0.15) is 5.82 Å². The Morgan fingerprint density at radius 3 is 2.95 bits per heavy atom. The third-order valence-corrected chi connectivity index (χ3v) is 4.30. The molecule has 0 unspecified atom stereocenters. The molecular formula is C15H19N3O2S. The molecule has 0 atom stereocenters. The van der Waals surface area contributed by atoms with E-state index >= 15 is 0 Å². The maximum absolute atomic E-state index is 5.89. The number of nitrogens with zero attached hydrogens (tertiary/aromatic N) is 2. The van der Waals surface area contributed by atoms with Crippen molar-refractivity contribution in [2.45, 2.75) is 6.42 Å². The van der Waals surface area contributed by atoms with E-state index in [4.69, 9.17) is 15.2 Å². The van der Waals surface area contributed by atoms with Crippen LogP contribution < -0.4 is 15.4 Å². The van der Waals surface area contributed by atoms with Crippen molar-refractivity contribution < 1.29 is 9.47 Å². The lowest BCUT2D eigenvalue weighted by Gasteiger charge is -2.29. The number of aromatic nitrogens is 1. The van der Waals surface area contributed by atoms with E-state index in [0.717, 1.165) is 38.4 Å². The van der Waals surface area contributed by atoms with Crippen LogP contribution in [0.15, 0.2) is 29.6 Å². The quantitative estimate of drug-likeness (QED) is 0.917. The maximum Gasteiger partial charge on any atom is 0.217 e. The lowest BCUT2D eigenvalue weighted by atomic mass is 10.3. The predicted octanol–water partition coefficient (Wildman–Crippen LogP) is 2.18. The fraction of sp³-hybridized carbons (Fsp3) is 0.400. The smallest absolute Gasteiger partial charge is 0.217 e. The highest BCUT2D eigenvalue weighted by molar-refractivity contribution is 7.09. The Morgan fingerprint density at radius 2 is 2.19 bits per heavy atom. The summed E-state index contributed by atoms with van der Waals surface area (Å²) in [5.74, 6) is 1.08. The van der Waals surface area contributed by atoms with Gasteiger partial charge in [-0.1, -0.05) is 6.07 Å². The van der Waals surface area contributed by atoms with Crippen LogP contribution in [0, 0.1) is 0 Å². The Morgan fingerprint density at radius 1 is 1.33 bits per heavy atom. The van der Waals surface area contributed by atoms with Gasteiger partial charge in [-0.15, -0.1) is 11.3 Å². The maximum atomic E-state index is 5.89. The predicted molar refractivity (Wildman–Crippen MR) is 85.2 cm³/mol. The number of anilines is 2. The van der Waals surface area contributed by atoms with Crippen LogP contribution >= 0.6 is 11.3 Å². The summed E-state index contributed by atoms with van der Waals surface area (Å²) < 4.78 is 11.1. The number of nitrogens with two attached hydrogens (primary N) is 1. The van der Waals surface area contributed by atoms with E-state index in [1.807, 2.05) is 12.1 Å². The molecule has 2 aromatic rings. The number of morpholine rings is 1. The first-order valence-electron chi connectivity index (χ1n) is 7.07. The van der Waals surface area contributed by atoms with E-state index in [2.05, 4.69) is 27.4 Å². The van der Waals surface area contributed by atoms with Gasteiger partial charge in [0, 0.05) is 42.2 Å². The highest BCUT2D eigenvalue weighted by Crippen LogP contribution is 2.23. The normalized spacial score (nSPS) is 15.1. The minimum Gasteiger partial charge on any atom is -0.477 e. The summed E-state index contributed by atoms with van der Waals surface area (Å²) in [6.45, 7) is 3.85. The number of thiophene rings is 1. The Hall–Kier alpha value is -1.79. The molecular weight excluding hydrogens is 286 g/mol. The number of pyridine rings is 1. The van der Waals surface area contributed by atoms with Crippen molar-refractivity contribution in [3.05, 3.63) is 34.5 Å². The monoisotopic (exact) mass is 305 g/mol. The Labute approximate surface area is 128 Å². The average molecular weight is 305 g/mol. The molecule has 0 aromatic carbocycles. The first kappa shape index (κ1) is 14.2. The zero-order valence-electron chi connectivity index (χ0n) is 11.8. The summed E-state index contributed by atoms with van der Waals surface area (Å²) >= 11 is 1.74. The van der Waals surface area contributed by atoms with Crippen LogP contribution in [0.25, 0.3) is 0 Å². The molecule has 112 valence electrons. The summed E-state index contributed by atoms with van der Waals surface area (Å²) in [4.78, 5) is 7.80. The fourth-order valence-corrected chi connectivity index (χ4v) is 2.99. The second-order valence-electron chi connectivity index (χ2n) is 4.87. The molecule has 1 fully saturated rings. The molecule has 0 aliphatic carbocycles. The Kier molecular flexibility index (Phi) is 4.57. The number of rotatable bonds is 5. The molecule has 1 aliphatic rings. The van der Waals surface area contributed by atoms with Gasteiger partial charge in [0.15, 0.2) is 0 Å². The van der Waals surface area contributed by atoms with Crippen molar-refractivity contribution in [2.24, 2.45) is 0 Å². The third kappa shape index (κ3) is 3.86. The summed E-state index contributed by atoms with van der Waals surface area (Å²) in [6.07, 6.45) is 0.890. The van der Waals surface area contributed by atoms with Crippen LogP contribution in [0.3, 0.4) is 0 Å². The molecule has 1 saturated heterocycles. The van der Waals surface area contributed by atoms with Crippen LogP contribution in [0.2, 0.25) is 0 Å². The molecule has 3 heterocycles. The first-order chi connectivity index (χ1) is 10.3. The number of hydrogen-bond acceptors (Lipinski definition) is 6. The van der Waals surface area contributed by atoms with E-state index in [0.29, 0.717) is 18.3 Å². The van der Waals surface area contributed by atoms with Gasteiger partial charge in [-0.25, -0.2) is 0 Å². The Bertz CT molecular complexity index is 568. The molecule has 21 heavy (non-hydrogen) atoms. The average Bonchev–Trinajstić information content (AvgIpc) is 3.01. The van der Waals surface area contributed by atoms with Gasteiger partial charge in [-0.2, -0.15) is 4.98 Å². The minimum atomic E-state index is 0.491. The first-order valence-corrected chi connectivity index (χ1v) is 7.95. The fourth-order valence-electron chi connectivity index (χ4n) is 2.30. The van der Waals surface area contributed by atoms with E-state index in [1.165, 1.54) is 4.88 Å². The van der Waals surface area contributed by atoms with Crippen molar-refractivity contribution in [1.82, 2.24) is 4.98 Å². The molecule has 2 aromatic heterocycles. The van der Waals surface area contributed by atoms with Crippen molar-refractivity contribution in [2.75, 3.05) is 43.5 Å². The summed E-state index contributed by atoms with van der Waals surface area (Å²) in [6, 6.07) is 8.00.